The molecule has 2 aromatic heterocycles. The van der Waals surface area contributed by atoms with Crippen LogP contribution in [0, 0.1) is 11.3 Å². The molecule has 0 spiro atoms. The molecule has 1 fully saturated rings. The van der Waals surface area contributed by atoms with Crippen molar-refractivity contribution in [1.29, 1.82) is 5.26 Å². The fourth-order valence-electron chi connectivity index (χ4n) is 4.86. The van der Waals surface area contributed by atoms with Crippen LogP contribution < -0.4 is 14.4 Å². The third-order valence-electron chi connectivity index (χ3n) is 6.86. The van der Waals surface area contributed by atoms with Gasteiger partial charge in [-0.2, -0.15) is 10.2 Å². The quantitative estimate of drug-likeness (QED) is 0.253. The minimum Gasteiger partial charge on any atom is -0.493 e. The molecule has 10 heteroatoms. The van der Waals surface area contributed by atoms with Crippen molar-refractivity contribution in [1.82, 2.24) is 19.6 Å². The summed E-state index contributed by atoms with van der Waals surface area (Å²) < 4.78 is 19.3. The number of benzene rings is 3. The average Bonchev–Trinajstić information content (AvgIpc) is 3.46. The Labute approximate surface area is 230 Å². The number of anilines is 2. The van der Waals surface area contributed by atoms with Crippen LogP contribution in [-0.4, -0.2) is 46.6 Å². The van der Waals surface area contributed by atoms with Gasteiger partial charge in [-0.15, -0.1) is 10.2 Å². The zero-order valence-corrected chi connectivity index (χ0v) is 22.2. The van der Waals surface area contributed by atoms with E-state index in [4.69, 9.17) is 30.8 Å². The van der Waals surface area contributed by atoms with Crippen LogP contribution >= 0.6 is 11.6 Å². The van der Waals surface area contributed by atoms with Crippen LogP contribution in [0.1, 0.15) is 24.8 Å². The van der Waals surface area contributed by atoms with E-state index in [9.17, 15) is 5.26 Å². The lowest BCUT2D eigenvalue weighted by Crippen LogP contribution is -2.25. The Hall–Kier alpha value is -4.39. The summed E-state index contributed by atoms with van der Waals surface area (Å²) in [6, 6.07) is 19.6. The molecule has 9 nitrogen and oxygen atoms in total. The molecule has 0 aliphatic carbocycles. The van der Waals surface area contributed by atoms with Crippen molar-refractivity contribution < 1.29 is 14.2 Å². The maximum Gasteiger partial charge on any atom is 0.257 e. The van der Waals surface area contributed by atoms with Gasteiger partial charge in [0.2, 0.25) is 0 Å². The highest BCUT2D eigenvalue weighted by Crippen LogP contribution is 2.39. The number of hydrogen-bond donors (Lipinski definition) is 0. The third-order valence-corrected chi connectivity index (χ3v) is 7.10. The second-order valence-electron chi connectivity index (χ2n) is 9.29. The molecule has 5 aromatic rings. The highest BCUT2D eigenvalue weighted by molar-refractivity contribution is 6.31. The van der Waals surface area contributed by atoms with Crippen molar-refractivity contribution in [2.75, 3.05) is 25.7 Å². The molecule has 196 valence electrons. The lowest BCUT2D eigenvalue weighted by atomic mass is 10.0. The SMILES string of the molecule is COc1cc(-c2cccc(N(C)c3nc4nncn4c4cc(Cl)ccc34)c2)cc(C#N)c1OC1CCCCO1. The van der Waals surface area contributed by atoms with Crippen molar-refractivity contribution in [3.8, 4) is 28.7 Å². The summed E-state index contributed by atoms with van der Waals surface area (Å²) in [6.45, 7) is 0.647. The second-order valence-corrected chi connectivity index (χ2v) is 9.72. The third kappa shape index (κ3) is 4.69. The monoisotopic (exact) mass is 540 g/mol. The van der Waals surface area contributed by atoms with Gasteiger partial charge in [-0.1, -0.05) is 23.7 Å². The van der Waals surface area contributed by atoms with Gasteiger partial charge >= 0.3 is 0 Å². The van der Waals surface area contributed by atoms with Crippen molar-refractivity contribution in [3.05, 3.63) is 71.5 Å². The van der Waals surface area contributed by atoms with Gasteiger partial charge in [0, 0.05) is 29.6 Å². The number of aromatic nitrogens is 4. The number of hydrogen-bond acceptors (Lipinski definition) is 8. The van der Waals surface area contributed by atoms with Crippen LogP contribution in [0.15, 0.2) is 60.9 Å². The molecule has 6 rings (SSSR count). The minimum atomic E-state index is -0.387. The van der Waals surface area contributed by atoms with Gasteiger partial charge in [0.1, 0.15) is 18.2 Å². The number of halogens is 1. The zero-order chi connectivity index (χ0) is 26.9. The van der Waals surface area contributed by atoms with Gasteiger partial charge in [-0.3, -0.25) is 4.40 Å². The Kier molecular flexibility index (Phi) is 6.65. The molecule has 3 heterocycles. The maximum absolute atomic E-state index is 9.95. The molecule has 0 bridgehead atoms. The Morgan fingerprint density at radius 3 is 2.82 bits per heavy atom. The topological polar surface area (TPSA) is 97.8 Å². The minimum absolute atomic E-state index is 0.387. The van der Waals surface area contributed by atoms with Crippen LogP contribution in [0.25, 0.3) is 27.8 Å². The number of rotatable bonds is 6. The van der Waals surface area contributed by atoms with E-state index in [0.29, 0.717) is 40.3 Å². The summed E-state index contributed by atoms with van der Waals surface area (Å²) in [5.41, 5.74) is 3.88. The first kappa shape index (κ1) is 24.9. The van der Waals surface area contributed by atoms with Crippen LogP contribution in [0.5, 0.6) is 11.5 Å². The summed E-state index contributed by atoms with van der Waals surface area (Å²) in [4.78, 5) is 6.77. The van der Waals surface area contributed by atoms with Gasteiger partial charge in [0.15, 0.2) is 17.8 Å². The molecule has 0 amide bonds. The molecule has 3 aromatic carbocycles. The molecule has 1 unspecified atom stereocenters. The van der Waals surface area contributed by atoms with E-state index in [1.165, 1.54) is 0 Å². The average molecular weight is 541 g/mol. The van der Waals surface area contributed by atoms with Crippen LogP contribution in [0.2, 0.25) is 5.02 Å². The maximum atomic E-state index is 9.95. The highest BCUT2D eigenvalue weighted by atomic mass is 35.5. The van der Waals surface area contributed by atoms with E-state index >= 15 is 0 Å². The predicted octanol–water partition coefficient (Wildman–Crippen LogP) is 6.15. The van der Waals surface area contributed by atoms with Crippen molar-refractivity contribution in [2.45, 2.75) is 25.6 Å². The van der Waals surface area contributed by atoms with Gasteiger partial charge in [-0.05, 0) is 66.4 Å². The van der Waals surface area contributed by atoms with Crippen LogP contribution in [0.3, 0.4) is 0 Å². The van der Waals surface area contributed by atoms with E-state index in [2.05, 4.69) is 16.3 Å². The molecule has 0 N–H and O–H groups in total. The number of methoxy groups -OCH3 is 1. The standard InChI is InChI=1S/C29H25ClN6O3/c1-35(28-23-10-9-21(30)15-24(23)36-17-32-34-29(36)33-28)22-7-5-6-18(13-22)19-12-20(16-31)27(25(14-19)37-2)39-26-8-3-4-11-38-26/h5-7,9-10,12-15,17,26H,3-4,8,11H2,1-2H3. The molecule has 0 saturated carbocycles. The first-order chi connectivity index (χ1) is 19.1. The van der Waals surface area contributed by atoms with Gasteiger partial charge in [0.25, 0.3) is 5.78 Å². The molecular formula is C29H25ClN6O3. The first-order valence-corrected chi connectivity index (χ1v) is 13.0. The fourth-order valence-corrected chi connectivity index (χ4v) is 5.02. The number of nitrogens with zero attached hydrogens (tertiary/aromatic N) is 6. The molecule has 1 atom stereocenters. The Balaban J connectivity index is 1.39. The molecule has 1 saturated heterocycles. The molecular weight excluding hydrogens is 516 g/mol. The van der Waals surface area contributed by atoms with Crippen LogP contribution in [-0.2, 0) is 4.74 Å². The van der Waals surface area contributed by atoms with E-state index in [1.807, 2.05) is 70.9 Å². The highest BCUT2D eigenvalue weighted by Gasteiger charge is 2.22. The Bertz CT molecular complexity index is 1720. The molecule has 0 radical (unpaired) electrons. The molecule has 39 heavy (non-hydrogen) atoms. The lowest BCUT2D eigenvalue weighted by molar-refractivity contribution is -0.106. The number of ether oxygens (including phenoxy) is 3. The molecule has 1 aliphatic heterocycles. The summed E-state index contributed by atoms with van der Waals surface area (Å²) >= 11 is 6.30. The van der Waals surface area contributed by atoms with E-state index < -0.39 is 0 Å². The Morgan fingerprint density at radius 2 is 2.03 bits per heavy atom. The van der Waals surface area contributed by atoms with E-state index in [-0.39, 0.29) is 6.29 Å². The van der Waals surface area contributed by atoms with Gasteiger partial charge in [-0.25, -0.2) is 0 Å². The number of nitriles is 1. The van der Waals surface area contributed by atoms with Gasteiger partial charge < -0.3 is 19.1 Å². The summed E-state index contributed by atoms with van der Waals surface area (Å²) in [6.07, 6.45) is 4.05. The van der Waals surface area contributed by atoms with Crippen molar-refractivity contribution >= 4 is 39.8 Å². The van der Waals surface area contributed by atoms with Gasteiger partial charge in [0.05, 0.1) is 24.8 Å². The predicted molar refractivity (Wildman–Crippen MR) is 149 cm³/mol. The lowest BCUT2D eigenvalue weighted by Gasteiger charge is -2.25. The summed E-state index contributed by atoms with van der Waals surface area (Å²) in [7, 11) is 3.52. The summed E-state index contributed by atoms with van der Waals surface area (Å²) in [5.74, 6) is 2.08. The van der Waals surface area contributed by atoms with E-state index in [0.717, 1.165) is 47.0 Å². The van der Waals surface area contributed by atoms with Crippen molar-refractivity contribution in [3.63, 3.8) is 0 Å². The Morgan fingerprint density at radius 1 is 1.13 bits per heavy atom. The number of fused-ring (bicyclic) bond motifs is 3. The van der Waals surface area contributed by atoms with Crippen LogP contribution in [0.4, 0.5) is 11.5 Å². The smallest absolute Gasteiger partial charge is 0.257 e. The second kappa shape index (κ2) is 10.4. The van der Waals surface area contributed by atoms with Crippen molar-refractivity contribution in [2.24, 2.45) is 0 Å². The first-order valence-electron chi connectivity index (χ1n) is 12.6. The zero-order valence-electron chi connectivity index (χ0n) is 21.5. The molecule has 1 aliphatic rings. The fraction of sp³-hybridized carbons (Fsp3) is 0.241. The largest absolute Gasteiger partial charge is 0.493 e. The summed E-state index contributed by atoms with van der Waals surface area (Å²) in [5, 5.41) is 19.6. The normalized spacial score (nSPS) is 15.3. The van der Waals surface area contributed by atoms with E-state index in [1.54, 1.807) is 13.4 Å².